The third-order valence-corrected chi connectivity index (χ3v) is 4.43. The number of alkyl halides is 2. The van der Waals surface area contributed by atoms with Crippen molar-refractivity contribution in [2.45, 2.75) is 25.7 Å². The number of benzene rings is 1. The Morgan fingerprint density at radius 2 is 1.67 bits per heavy atom. The van der Waals surface area contributed by atoms with Gasteiger partial charge in [-0.05, 0) is 43.0 Å². The average molecular weight is 418 g/mol. The van der Waals surface area contributed by atoms with Crippen LogP contribution in [0.1, 0.15) is 25.5 Å². The summed E-state index contributed by atoms with van der Waals surface area (Å²) in [6, 6.07) is 7.06. The van der Waals surface area contributed by atoms with E-state index in [4.69, 9.17) is 0 Å². The quantitative estimate of drug-likeness (QED) is 0.532. The lowest BCUT2D eigenvalue weighted by molar-refractivity contribution is 0.0129. The first-order chi connectivity index (χ1) is 14.3. The van der Waals surface area contributed by atoms with Crippen LogP contribution in [0.25, 0.3) is 11.5 Å². The van der Waals surface area contributed by atoms with Gasteiger partial charge in [0.05, 0.1) is 0 Å². The Morgan fingerprint density at radius 1 is 0.967 bits per heavy atom. The molecule has 0 amide bonds. The van der Waals surface area contributed by atoms with E-state index < -0.39 is 23.3 Å². The van der Waals surface area contributed by atoms with Crippen LogP contribution in [0.4, 0.5) is 35.1 Å². The second-order valence-electron chi connectivity index (χ2n) is 7.21. The van der Waals surface area contributed by atoms with Crippen molar-refractivity contribution in [3.8, 4) is 11.5 Å². The standard InChI is InChI=1S/C20H18F4N6/c1-20(23,24)16-4-2-3-15(27-16)17-28-18(25-10-11-5-6-11)30-19(29-17)26-14-8-12(21)7-13(22)9-14/h2-4,7-9,11H,5-6,10H2,1H3,(H2,25,26,28,29,30). The molecule has 1 saturated carbocycles. The summed E-state index contributed by atoms with van der Waals surface area (Å²) in [4.78, 5) is 16.7. The van der Waals surface area contributed by atoms with Crippen LogP contribution in [-0.4, -0.2) is 26.5 Å². The molecular weight excluding hydrogens is 400 g/mol. The van der Waals surface area contributed by atoms with E-state index in [9.17, 15) is 17.6 Å². The molecule has 1 aromatic carbocycles. The number of anilines is 3. The lowest BCUT2D eigenvalue weighted by Crippen LogP contribution is -2.12. The SMILES string of the molecule is CC(F)(F)c1cccc(-c2nc(NCC3CC3)nc(Nc3cc(F)cc(F)c3)n2)n1. The molecule has 2 N–H and O–H groups in total. The van der Waals surface area contributed by atoms with Gasteiger partial charge in [0, 0.05) is 25.2 Å². The fourth-order valence-corrected chi connectivity index (χ4v) is 2.74. The van der Waals surface area contributed by atoms with E-state index in [1.54, 1.807) is 0 Å². The van der Waals surface area contributed by atoms with Gasteiger partial charge < -0.3 is 10.6 Å². The monoisotopic (exact) mass is 418 g/mol. The molecule has 0 atom stereocenters. The summed E-state index contributed by atoms with van der Waals surface area (Å²) in [5.74, 6) is -3.87. The van der Waals surface area contributed by atoms with E-state index in [-0.39, 0.29) is 29.1 Å². The van der Waals surface area contributed by atoms with Gasteiger partial charge in [-0.25, -0.2) is 13.8 Å². The number of hydrogen-bond acceptors (Lipinski definition) is 6. The van der Waals surface area contributed by atoms with Gasteiger partial charge >= 0.3 is 0 Å². The molecule has 30 heavy (non-hydrogen) atoms. The second kappa shape index (κ2) is 7.85. The minimum Gasteiger partial charge on any atom is -0.354 e. The normalized spacial score (nSPS) is 13.9. The molecule has 0 saturated heterocycles. The number of halogens is 4. The number of rotatable bonds is 7. The fourth-order valence-electron chi connectivity index (χ4n) is 2.74. The second-order valence-corrected chi connectivity index (χ2v) is 7.21. The van der Waals surface area contributed by atoms with E-state index in [0.29, 0.717) is 12.5 Å². The van der Waals surface area contributed by atoms with E-state index in [1.165, 1.54) is 18.2 Å². The van der Waals surface area contributed by atoms with Crippen molar-refractivity contribution >= 4 is 17.6 Å². The molecular formula is C20H18F4N6. The molecule has 2 aromatic heterocycles. The highest BCUT2D eigenvalue weighted by Gasteiger charge is 2.27. The first-order valence-electron chi connectivity index (χ1n) is 9.35. The Labute approximate surface area is 169 Å². The van der Waals surface area contributed by atoms with Crippen molar-refractivity contribution < 1.29 is 17.6 Å². The molecule has 3 aromatic rings. The Bertz CT molecular complexity index is 1050. The summed E-state index contributed by atoms with van der Waals surface area (Å²) in [5.41, 5.74) is -0.200. The molecule has 6 nitrogen and oxygen atoms in total. The Balaban J connectivity index is 1.70. The van der Waals surface area contributed by atoms with Gasteiger partial charge in [-0.1, -0.05) is 6.07 Å². The topological polar surface area (TPSA) is 75.6 Å². The predicted octanol–water partition coefficient (Wildman–Crippen LogP) is 4.89. The van der Waals surface area contributed by atoms with Crippen LogP contribution < -0.4 is 10.6 Å². The van der Waals surface area contributed by atoms with Gasteiger partial charge in [0.15, 0.2) is 5.82 Å². The van der Waals surface area contributed by atoms with Crippen molar-refractivity contribution in [1.29, 1.82) is 0 Å². The first kappa shape index (κ1) is 20.0. The van der Waals surface area contributed by atoms with E-state index in [2.05, 4.69) is 30.6 Å². The third kappa shape index (κ3) is 5.00. The molecule has 0 unspecified atom stereocenters. The fraction of sp³-hybridized carbons (Fsp3) is 0.300. The maximum Gasteiger partial charge on any atom is 0.286 e. The highest BCUT2D eigenvalue weighted by molar-refractivity contribution is 5.59. The zero-order valence-corrected chi connectivity index (χ0v) is 16.0. The van der Waals surface area contributed by atoms with Crippen LogP contribution in [0.15, 0.2) is 36.4 Å². The molecule has 1 aliphatic rings. The van der Waals surface area contributed by atoms with Gasteiger partial charge in [-0.2, -0.15) is 23.7 Å². The van der Waals surface area contributed by atoms with Crippen molar-refractivity contribution in [1.82, 2.24) is 19.9 Å². The van der Waals surface area contributed by atoms with Crippen LogP contribution in [0, 0.1) is 17.6 Å². The van der Waals surface area contributed by atoms with Crippen LogP contribution in [0.3, 0.4) is 0 Å². The van der Waals surface area contributed by atoms with Crippen LogP contribution in [-0.2, 0) is 5.92 Å². The van der Waals surface area contributed by atoms with Crippen LogP contribution >= 0.6 is 0 Å². The summed E-state index contributed by atoms with van der Waals surface area (Å²) in [6.45, 7) is 1.40. The average Bonchev–Trinajstić information content (AvgIpc) is 3.49. The van der Waals surface area contributed by atoms with Gasteiger partial charge in [0.2, 0.25) is 11.9 Å². The highest BCUT2D eigenvalue weighted by Crippen LogP contribution is 2.30. The van der Waals surface area contributed by atoms with E-state index in [1.807, 2.05) is 0 Å². The number of aromatic nitrogens is 4. The summed E-state index contributed by atoms with van der Waals surface area (Å²) in [6.07, 6.45) is 2.21. The zero-order valence-electron chi connectivity index (χ0n) is 16.0. The lowest BCUT2D eigenvalue weighted by atomic mass is 10.2. The molecule has 4 rings (SSSR count). The van der Waals surface area contributed by atoms with Crippen LogP contribution in [0.2, 0.25) is 0 Å². The van der Waals surface area contributed by atoms with Crippen molar-refractivity contribution in [3.63, 3.8) is 0 Å². The molecule has 0 aliphatic heterocycles. The zero-order chi connectivity index (χ0) is 21.3. The minimum atomic E-state index is -3.13. The summed E-state index contributed by atoms with van der Waals surface area (Å²) >= 11 is 0. The highest BCUT2D eigenvalue weighted by atomic mass is 19.3. The third-order valence-electron chi connectivity index (χ3n) is 4.43. The smallest absolute Gasteiger partial charge is 0.286 e. The molecule has 0 radical (unpaired) electrons. The van der Waals surface area contributed by atoms with Gasteiger partial charge in [-0.3, -0.25) is 0 Å². The van der Waals surface area contributed by atoms with Crippen molar-refractivity contribution in [2.24, 2.45) is 5.92 Å². The van der Waals surface area contributed by atoms with E-state index >= 15 is 0 Å². The molecule has 1 fully saturated rings. The predicted molar refractivity (Wildman–Crippen MR) is 103 cm³/mol. The maximum atomic E-state index is 13.7. The van der Waals surface area contributed by atoms with Gasteiger partial charge in [0.25, 0.3) is 5.92 Å². The lowest BCUT2D eigenvalue weighted by Gasteiger charge is -2.12. The van der Waals surface area contributed by atoms with Crippen molar-refractivity contribution in [2.75, 3.05) is 17.2 Å². The largest absolute Gasteiger partial charge is 0.354 e. The van der Waals surface area contributed by atoms with Crippen molar-refractivity contribution in [3.05, 3.63) is 53.7 Å². The summed E-state index contributed by atoms with van der Waals surface area (Å²) in [7, 11) is 0. The van der Waals surface area contributed by atoms with Gasteiger partial charge in [-0.15, -0.1) is 0 Å². The molecule has 1 aliphatic carbocycles. The Morgan fingerprint density at radius 3 is 2.33 bits per heavy atom. The molecule has 156 valence electrons. The number of hydrogen-bond donors (Lipinski definition) is 2. The first-order valence-corrected chi connectivity index (χ1v) is 9.35. The van der Waals surface area contributed by atoms with E-state index in [0.717, 1.165) is 38.0 Å². The number of nitrogens with zero attached hydrogens (tertiary/aromatic N) is 4. The van der Waals surface area contributed by atoms with Gasteiger partial charge in [0.1, 0.15) is 23.0 Å². The molecule has 2 heterocycles. The number of pyridine rings is 1. The molecule has 10 heteroatoms. The summed E-state index contributed by atoms with van der Waals surface area (Å²) < 4.78 is 54.4. The minimum absolute atomic E-state index is 0.00115. The molecule has 0 spiro atoms. The Kier molecular flexibility index (Phi) is 5.23. The summed E-state index contributed by atoms with van der Waals surface area (Å²) in [5, 5.41) is 5.81. The number of nitrogens with one attached hydrogen (secondary N) is 2. The maximum absolute atomic E-state index is 13.7. The van der Waals surface area contributed by atoms with Crippen LogP contribution in [0.5, 0.6) is 0 Å². The Hall–Kier alpha value is -3.30. The molecule has 0 bridgehead atoms.